The van der Waals surface area contributed by atoms with Crippen LogP contribution in [0.15, 0.2) is 23.8 Å². The SMILES string of the molecule is CCCCCCCCCCCCCCCCOCC(COP(=O)([O-])O[NH2+]C1(C)C=CC=C(C23CCC(CC2)CC3)C1)OC(C)=O. The second-order valence-corrected chi connectivity index (χ2v) is 15.7. The van der Waals surface area contributed by atoms with Crippen LogP contribution in [0.25, 0.3) is 0 Å². The average molecular weight is 654 g/mol. The van der Waals surface area contributed by atoms with Gasteiger partial charge in [-0.15, -0.1) is 4.62 Å². The fourth-order valence-corrected chi connectivity index (χ4v) is 8.22. The molecule has 0 radical (unpaired) electrons. The van der Waals surface area contributed by atoms with Crippen LogP contribution in [0.2, 0.25) is 0 Å². The van der Waals surface area contributed by atoms with Crippen molar-refractivity contribution in [1.29, 1.82) is 0 Å². The smallest absolute Gasteiger partial charge is 0.324 e. The summed E-state index contributed by atoms with van der Waals surface area (Å²) in [5, 5.41) is 0. The lowest BCUT2D eigenvalue weighted by molar-refractivity contribution is -0.907. The lowest BCUT2D eigenvalue weighted by Gasteiger charge is -2.49. The number of rotatable bonds is 25. The molecule has 260 valence electrons. The van der Waals surface area contributed by atoms with Gasteiger partial charge in [-0.2, -0.15) is 5.48 Å². The van der Waals surface area contributed by atoms with Gasteiger partial charge in [0.15, 0.2) is 0 Å². The maximum absolute atomic E-state index is 12.7. The number of ether oxygens (including phenoxy) is 2. The van der Waals surface area contributed by atoms with Gasteiger partial charge in [0.25, 0.3) is 0 Å². The van der Waals surface area contributed by atoms with Gasteiger partial charge in [-0.25, -0.2) is 0 Å². The van der Waals surface area contributed by atoms with E-state index in [1.807, 2.05) is 19.1 Å². The second kappa shape index (κ2) is 20.4. The van der Waals surface area contributed by atoms with Crippen molar-refractivity contribution >= 4 is 13.8 Å². The lowest BCUT2D eigenvalue weighted by atomic mass is 9.56. The highest BCUT2D eigenvalue weighted by Crippen LogP contribution is 2.56. The number of hydrogen-bond donors (Lipinski definition) is 1. The highest BCUT2D eigenvalue weighted by molar-refractivity contribution is 7.45. The summed E-state index contributed by atoms with van der Waals surface area (Å²) in [6.07, 6.45) is 31.9. The van der Waals surface area contributed by atoms with E-state index in [1.54, 1.807) is 0 Å². The van der Waals surface area contributed by atoms with Crippen LogP contribution in [0.3, 0.4) is 0 Å². The van der Waals surface area contributed by atoms with Crippen molar-refractivity contribution in [3.05, 3.63) is 23.8 Å². The summed E-state index contributed by atoms with van der Waals surface area (Å²) in [5.41, 5.74) is 2.53. The summed E-state index contributed by atoms with van der Waals surface area (Å²) in [7, 11) is -4.65. The van der Waals surface area contributed by atoms with Crippen LogP contribution in [0.4, 0.5) is 0 Å². The molecule has 4 aliphatic rings. The van der Waals surface area contributed by atoms with Crippen molar-refractivity contribution in [1.82, 2.24) is 0 Å². The number of fused-ring (bicyclic) bond motifs is 3. The third kappa shape index (κ3) is 14.7. The number of carbonyl (C=O) groups is 1. The predicted octanol–water partition coefficient (Wildman–Crippen LogP) is 8.01. The predicted molar refractivity (Wildman–Crippen MR) is 177 cm³/mol. The zero-order valence-electron chi connectivity index (χ0n) is 28.7. The van der Waals surface area contributed by atoms with Gasteiger partial charge in [-0.05, 0) is 69.3 Å². The maximum Gasteiger partial charge on any atom is 0.324 e. The van der Waals surface area contributed by atoms with E-state index in [0.717, 1.165) is 25.2 Å². The van der Waals surface area contributed by atoms with Crippen LogP contribution in [-0.4, -0.2) is 37.4 Å². The zero-order valence-corrected chi connectivity index (χ0v) is 29.6. The van der Waals surface area contributed by atoms with Crippen molar-refractivity contribution in [3.8, 4) is 0 Å². The number of phosphoric acid groups is 1. The lowest BCUT2D eigenvalue weighted by Crippen LogP contribution is -2.94. The molecule has 0 aromatic heterocycles. The minimum atomic E-state index is -4.65. The van der Waals surface area contributed by atoms with Crippen molar-refractivity contribution in [2.24, 2.45) is 11.3 Å². The third-order valence-electron chi connectivity index (χ3n) is 10.3. The molecule has 3 unspecified atom stereocenters. The number of carbonyl (C=O) groups excluding carboxylic acids is 1. The fourth-order valence-electron chi connectivity index (χ4n) is 7.44. The summed E-state index contributed by atoms with van der Waals surface area (Å²) in [6.45, 7) is 5.83. The van der Waals surface area contributed by atoms with Crippen LogP contribution >= 0.6 is 7.82 Å². The Kier molecular flexibility index (Phi) is 17.4. The van der Waals surface area contributed by atoms with E-state index in [2.05, 4.69) is 13.0 Å². The molecule has 4 aliphatic carbocycles. The molecular formula is C36H64NO7P. The molecule has 9 heteroatoms. The van der Waals surface area contributed by atoms with E-state index in [9.17, 15) is 14.3 Å². The van der Waals surface area contributed by atoms with Crippen molar-refractivity contribution in [2.75, 3.05) is 19.8 Å². The second-order valence-electron chi connectivity index (χ2n) is 14.4. The Balaban J connectivity index is 1.25. The molecule has 0 aromatic carbocycles. The molecular weight excluding hydrogens is 589 g/mol. The average Bonchev–Trinajstić information content (AvgIpc) is 3.03. The monoisotopic (exact) mass is 653 g/mol. The molecule has 0 spiro atoms. The molecule has 8 nitrogen and oxygen atoms in total. The number of unbranched alkanes of at least 4 members (excludes halogenated alkanes) is 13. The van der Waals surface area contributed by atoms with E-state index in [0.29, 0.717) is 6.61 Å². The normalized spacial score (nSPS) is 26.4. The van der Waals surface area contributed by atoms with Crippen molar-refractivity contribution in [3.63, 3.8) is 0 Å². The minimum absolute atomic E-state index is 0.0826. The van der Waals surface area contributed by atoms with E-state index in [1.165, 1.54) is 134 Å². The first-order valence-corrected chi connectivity index (χ1v) is 19.7. The third-order valence-corrected chi connectivity index (χ3v) is 11.1. The Morgan fingerprint density at radius 1 is 0.933 bits per heavy atom. The van der Waals surface area contributed by atoms with E-state index < -0.39 is 25.4 Å². The molecule has 4 rings (SSSR count). The molecule has 0 amide bonds. The number of allylic oxidation sites excluding steroid dienone is 2. The molecule has 0 aromatic rings. The molecule has 0 saturated heterocycles. The number of phosphoric ester groups is 1. The Hall–Kier alpha value is -1.02. The standard InChI is InChI=1S/C36H64NO7P/c1-4-5-6-7-8-9-10-11-12-13-14-15-16-17-27-41-29-34(43-31(2)38)30-42-45(39,40)44-37-35(3)23-18-19-33(28-35)36-24-20-32(21-25-36)22-26-36/h18-19,23,32,34,37H,4-17,20-22,24-30H2,1-3H3,(H,39,40). The molecule has 2 bridgehead atoms. The van der Waals surface area contributed by atoms with E-state index in [-0.39, 0.29) is 18.6 Å². The van der Waals surface area contributed by atoms with Gasteiger partial charge in [-0.1, -0.05) is 108 Å². The van der Waals surface area contributed by atoms with E-state index in [4.69, 9.17) is 18.6 Å². The first-order valence-electron chi connectivity index (χ1n) is 18.3. The van der Waals surface area contributed by atoms with E-state index >= 15 is 0 Å². The summed E-state index contributed by atoms with van der Waals surface area (Å²) < 4.78 is 34.1. The largest absolute Gasteiger partial charge is 0.752 e. The number of quaternary nitrogens is 1. The van der Waals surface area contributed by atoms with Crippen LogP contribution in [0, 0.1) is 11.3 Å². The summed E-state index contributed by atoms with van der Waals surface area (Å²) in [5.74, 6) is 0.383. The van der Waals surface area contributed by atoms with Gasteiger partial charge in [0.05, 0.1) is 13.2 Å². The van der Waals surface area contributed by atoms with Gasteiger partial charge in [0, 0.05) is 20.0 Å². The molecule has 0 aliphatic heterocycles. The van der Waals surface area contributed by atoms with Gasteiger partial charge >= 0.3 is 13.8 Å². The first kappa shape index (κ1) is 38.4. The molecule has 0 heterocycles. The molecule has 2 N–H and O–H groups in total. The number of hydrogen-bond acceptors (Lipinski definition) is 7. The molecule has 3 fully saturated rings. The molecule has 45 heavy (non-hydrogen) atoms. The van der Waals surface area contributed by atoms with Crippen LogP contribution < -0.4 is 10.4 Å². The van der Waals surface area contributed by atoms with Gasteiger partial charge in [0.1, 0.15) is 11.6 Å². The van der Waals surface area contributed by atoms with Crippen LogP contribution in [0.5, 0.6) is 0 Å². The highest BCUT2D eigenvalue weighted by atomic mass is 31.2. The minimum Gasteiger partial charge on any atom is -0.752 e. The maximum atomic E-state index is 12.7. The van der Waals surface area contributed by atoms with Crippen molar-refractivity contribution < 1.29 is 38.4 Å². The molecule has 3 atom stereocenters. The summed E-state index contributed by atoms with van der Waals surface area (Å²) in [4.78, 5) is 24.3. The van der Waals surface area contributed by atoms with Crippen LogP contribution in [-0.2, 0) is 28.0 Å². The van der Waals surface area contributed by atoms with Crippen molar-refractivity contribution in [2.45, 2.75) is 167 Å². The summed E-state index contributed by atoms with van der Waals surface area (Å²) in [6, 6.07) is 0. The Morgan fingerprint density at radius 3 is 2.04 bits per heavy atom. The Morgan fingerprint density at radius 2 is 1.49 bits per heavy atom. The van der Waals surface area contributed by atoms with Gasteiger partial charge in [0.2, 0.25) is 0 Å². The summed E-state index contributed by atoms with van der Waals surface area (Å²) >= 11 is 0. The zero-order chi connectivity index (χ0) is 32.4. The Labute approximate surface area is 274 Å². The number of nitrogens with two attached hydrogens (primary N) is 1. The van der Waals surface area contributed by atoms with Gasteiger partial charge in [-0.3, -0.25) is 9.36 Å². The number of hydroxylamine groups is 1. The fraction of sp³-hybridized carbons (Fsp3) is 0.861. The quantitative estimate of drug-likeness (QED) is 0.0460. The van der Waals surface area contributed by atoms with Crippen LogP contribution in [0.1, 0.15) is 156 Å². The van der Waals surface area contributed by atoms with Gasteiger partial charge < -0.3 is 18.9 Å². The Bertz CT molecular complexity index is 947. The molecule has 3 saturated carbocycles. The first-order chi connectivity index (χ1) is 21.7. The highest BCUT2D eigenvalue weighted by Gasteiger charge is 2.45. The topological polar surface area (TPSA) is 111 Å². The number of esters is 1.